The van der Waals surface area contributed by atoms with Crippen molar-refractivity contribution in [2.24, 2.45) is 0 Å². The summed E-state index contributed by atoms with van der Waals surface area (Å²) in [5.41, 5.74) is 0. The molecule has 1 amide bonds. The average Bonchev–Trinajstić information content (AvgIpc) is 3.52. The van der Waals surface area contributed by atoms with Crippen molar-refractivity contribution in [2.75, 3.05) is 19.8 Å². The number of aliphatic hydroxyl groups excluding tert-OH is 8. The van der Waals surface area contributed by atoms with E-state index < -0.39 is 86.8 Å². The lowest BCUT2D eigenvalue weighted by Crippen LogP contribution is -2.65. The highest BCUT2D eigenvalue weighted by Crippen LogP contribution is 2.30. The Bertz CT molecular complexity index is 1700. The van der Waals surface area contributed by atoms with Crippen molar-refractivity contribution in [3.05, 3.63) is 85.1 Å². The van der Waals surface area contributed by atoms with Gasteiger partial charge in [-0.1, -0.05) is 247 Å². The monoisotopic (exact) mass is 1160 g/mol. The summed E-state index contributed by atoms with van der Waals surface area (Å²) in [6, 6.07) is -0.935. The molecule has 12 unspecified atom stereocenters. The van der Waals surface area contributed by atoms with Crippen LogP contribution in [0.1, 0.15) is 245 Å². The fraction of sp³-hybridized carbons (Fsp3) is 0.779. The Morgan fingerprint density at radius 3 is 1.34 bits per heavy atom. The van der Waals surface area contributed by atoms with Crippen LogP contribution in [0.3, 0.4) is 0 Å². The zero-order valence-corrected chi connectivity index (χ0v) is 51.2. The van der Waals surface area contributed by atoms with E-state index in [4.69, 9.17) is 18.9 Å². The third-order valence-corrected chi connectivity index (χ3v) is 15.6. The van der Waals surface area contributed by atoms with Crippen LogP contribution in [0.25, 0.3) is 0 Å². The fourth-order valence-electron chi connectivity index (χ4n) is 10.3. The highest BCUT2D eigenvalue weighted by molar-refractivity contribution is 5.76. The molecule has 0 aliphatic carbocycles. The Hall–Kier alpha value is -2.83. The number of nitrogens with one attached hydrogen (secondary N) is 1. The van der Waals surface area contributed by atoms with E-state index in [0.29, 0.717) is 12.8 Å². The Morgan fingerprint density at radius 2 is 0.854 bits per heavy atom. The third-order valence-electron chi connectivity index (χ3n) is 15.6. The van der Waals surface area contributed by atoms with Crippen LogP contribution in [0.4, 0.5) is 0 Å². The fourth-order valence-corrected chi connectivity index (χ4v) is 10.3. The van der Waals surface area contributed by atoms with E-state index in [9.17, 15) is 45.6 Å². The van der Waals surface area contributed by atoms with Crippen LogP contribution in [0.2, 0.25) is 0 Å². The van der Waals surface area contributed by atoms with Gasteiger partial charge in [-0.3, -0.25) is 4.79 Å². The van der Waals surface area contributed by atoms with Gasteiger partial charge in [-0.25, -0.2) is 0 Å². The van der Waals surface area contributed by atoms with Gasteiger partial charge >= 0.3 is 0 Å². The van der Waals surface area contributed by atoms with E-state index in [-0.39, 0.29) is 18.9 Å². The highest BCUT2D eigenvalue weighted by Gasteiger charge is 2.51. The first kappa shape index (κ1) is 75.3. The molecule has 474 valence electrons. The summed E-state index contributed by atoms with van der Waals surface area (Å²) < 4.78 is 22.8. The van der Waals surface area contributed by atoms with Crippen molar-refractivity contribution in [3.8, 4) is 0 Å². The number of carbonyl (C=O) groups is 1. The Kier molecular flexibility index (Phi) is 48.2. The lowest BCUT2D eigenvalue weighted by Gasteiger charge is -2.46. The second-order valence-corrected chi connectivity index (χ2v) is 22.9. The molecule has 14 heteroatoms. The Labute approximate surface area is 497 Å². The molecular weight excluding hydrogens is 1040 g/mol. The summed E-state index contributed by atoms with van der Waals surface area (Å²) in [7, 11) is 0. The van der Waals surface area contributed by atoms with E-state index in [1.807, 2.05) is 6.08 Å². The van der Waals surface area contributed by atoms with Crippen LogP contribution in [0.15, 0.2) is 85.1 Å². The minimum absolute atomic E-state index is 0.251. The van der Waals surface area contributed by atoms with E-state index in [2.05, 4.69) is 92.1 Å². The molecule has 2 fully saturated rings. The third kappa shape index (κ3) is 36.9. The summed E-state index contributed by atoms with van der Waals surface area (Å²) in [4.78, 5) is 13.3. The molecule has 0 spiro atoms. The first-order chi connectivity index (χ1) is 40.1. The molecule has 2 saturated heterocycles. The molecular formula is C68H119NO13. The number of hydrogen-bond acceptors (Lipinski definition) is 13. The molecule has 2 aliphatic heterocycles. The van der Waals surface area contributed by atoms with Crippen LogP contribution < -0.4 is 5.32 Å². The lowest BCUT2D eigenvalue weighted by molar-refractivity contribution is -0.359. The normalized spacial score (nSPS) is 24.5. The maximum Gasteiger partial charge on any atom is 0.220 e. The molecule has 0 aromatic heterocycles. The predicted octanol–water partition coefficient (Wildman–Crippen LogP) is 12.4. The quantitative estimate of drug-likeness (QED) is 0.0204. The Balaban J connectivity index is 1.69. The molecule has 82 heavy (non-hydrogen) atoms. The average molecular weight is 1160 g/mol. The second kappa shape index (κ2) is 52.5. The van der Waals surface area contributed by atoms with Gasteiger partial charge in [0.15, 0.2) is 12.6 Å². The SMILES string of the molecule is CC/C=C\C/C=C\C/C=C\C/C=C\C/C=C\CCCCCCCCCCCCCCCCCC(=O)NC(COC1OC(CO)C(OC2OC(CO)C(O)C(O)C2O)C(O)C1O)C(O)/C=C/CC/C=C/CCCCCCCCCCCCC. The van der Waals surface area contributed by atoms with Gasteiger partial charge < -0.3 is 65.1 Å². The number of unbranched alkanes of at least 4 members (excludes halogenated alkanes) is 27. The summed E-state index contributed by atoms with van der Waals surface area (Å²) in [5, 5.41) is 87.2. The first-order valence-corrected chi connectivity index (χ1v) is 32.8. The second-order valence-electron chi connectivity index (χ2n) is 22.9. The largest absolute Gasteiger partial charge is 0.394 e. The first-order valence-electron chi connectivity index (χ1n) is 32.8. The van der Waals surface area contributed by atoms with E-state index in [1.165, 1.54) is 148 Å². The van der Waals surface area contributed by atoms with Crippen LogP contribution in [-0.2, 0) is 23.7 Å². The number of aliphatic hydroxyl groups is 8. The van der Waals surface area contributed by atoms with Crippen LogP contribution in [0.5, 0.6) is 0 Å². The molecule has 9 N–H and O–H groups in total. The van der Waals surface area contributed by atoms with Crippen molar-refractivity contribution in [3.63, 3.8) is 0 Å². The molecule has 2 aliphatic rings. The van der Waals surface area contributed by atoms with Crippen molar-refractivity contribution >= 4 is 5.91 Å². The van der Waals surface area contributed by atoms with Gasteiger partial charge in [0.2, 0.25) is 5.91 Å². The maximum atomic E-state index is 13.3. The number of ether oxygens (including phenoxy) is 4. The topological polar surface area (TPSA) is 228 Å². The molecule has 0 bridgehead atoms. The number of allylic oxidation sites excluding steroid dienone is 13. The predicted molar refractivity (Wildman–Crippen MR) is 332 cm³/mol. The summed E-state index contributed by atoms with van der Waals surface area (Å²) >= 11 is 0. The zero-order chi connectivity index (χ0) is 59.5. The van der Waals surface area contributed by atoms with Crippen molar-refractivity contribution < 1.29 is 64.6 Å². The summed E-state index contributed by atoms with van der Waals surface area (Å²) in [6.45, 7) is 2.67. The van der Waals surface area contributed by atoms with Crippen LogP contribution in [-0.4, -0.2) is 140 Å². The molecule has 2 heterocycles. The number of carbonyl (C=O) groups excluding carboxylic acids is 1. The molecule has 0 aromatic rings. The molecule has 12 atom stereocenters. The maximum absolute atomic E-state index is 13.3. The van der Waals surface area contributed by atoms with Crippen molar-refractivity contribution in [2.45, 2.75) is 319 Å². The minimum atomic E-state index is -1.79. The number of hydrogen-bond donors (Lipinski definition) is 9. The van der Waals surface area contributed by atoms with Gasteiger partial charge in [0.25, 0.3) is 0 Å². The van der Waals surface area contributed by atoms with Crippen LogP contribution in [0, 0.1) is 0 Å². The van der Waals surface area contributed by atoms with E-state index >= 15 is 0 Å². The summed E-state index contributed by atoms with van der Waals surface area (Å²) in [5.74, 6) is -0.251. The van der Waals surface area contributed by atoms with Crippen molar-refractivity contribution in [1.82, 2.24) is 5.32 Å². The highest BCUT2D eigenvalue weighted by atomic mass is 16.7. The van der Waals surface area contributed by atoms with Gasteiger partial charge in [0.05, 0.1) is 32.0 Å². The van der Waals surface area contributed by atoms with Gasteiger partial charge in [-0.05, 0) is 77.0 Å². The number of amides is 1. The molecule has 2 rings (SSSR count). The van der Waals surface area contributed by atoms with Crippen LogP contribution >= 0.6 is 0 Å². The lowest BCUT2D eigenvalue weighted by atomic mass is 9.97. The molecule has 0 aromatic carbocycles. The van der Waals surface area contributed by atoms with Gasteiger partial charge in [0.1, 0.15) is 48.8 Å². The standard InChI is InChI=1S/C68H119NO13/c1-3-5-7-9-11-13-15-17-19-21-22-23-24-25-26-27-28-29-30-31-32-33-34-36-38-40-42-44-46-48-50-52-60(73)69-56(57(72)51-49-47-45-43-41-39-37-35-20-18-16-14-12-10-8-6-4-2)55-79-67-65(78)63(76)66(59(54-71)81-67)82-68-64(77)62(75)61(74)58(53-70)80-68/h5,7,11,13,17,19,22-23,25-26,41,43,49,51,56-59,61-68,70-72,74-78H,3-4,6,8-10,12,14-16,18,20-21,24,27-40,42,44-48,50,52-55H2,1-2H3,(H,69,73)/b7-5-,13-11-,19-17-,23-22-,26-25-,43-41+,51-49+. The van der Waals surface area contributed by atoms with Gasteiger partial charge in [0, 0.05) is 6.42 Å². The van der Waals surface area contributed by atoms with Crippen molar-refractivity contribution in [1.29, 1.82) is 0 Å². The number of rotatable bonds is 52. The molecule has 14 nitrogen and oxygen atoms in total. The van der Waals surface area contributed by atoms with E-state index in [0.717, 1.165) is 64.2 Å². The molecule has 0 radical (unpaired) electrons. The zero-order valence-electron chi connectivity index (χ0n) is 51.2. The smallest absolute Gasteiger partial charge is 0.220 e. The summed E-state index contributed by atoms with van der Waals surface area (Å²) in [6.07, 6.45) is 54.9. The van der Waals surface area contributed by atoms with Gasteiger partial charge in [-0.2, -0.15) is 0 Å². The van der Waals surface area contributed by atoms with Gasteiger partial charge in [-0.15, -0.1) is 0 Å². The Morgan fingerprint density at radius 1 is 0.451 bits per heavy atom. The molecule has 0 saturated carbocycles. The van der Waals surface area contributed by atoms with E-state index in [1.54, 1.807) is 6.08 Å². The minimum Gasteiger partial charge on any atom is -0.394 e.